The van der Waals surface area contributed by atoms with Crippen molar-refractivity contribution in [2.24, 2.45) is 0 Å². The summed E-state index contributed by atoms with van der Waals surface area (Å²) in [6, 6.07) is 5.50. The van der Waals surface area contributed by atoms with Crippen LogP contribution in [0.25, 0.3) is 0 Å². The smallest absolute Gasteiger partial charge is 0.321 e. The van der Waals surface area contributed by atoms with E-state index in [4.69, 9.17) is 5.11 Å². The number of benzene rings is 1. The highest BCUT2D eigenvalue weighted by atomic mass is 19.1. The molecule has 3 nitrogen and oxygen atoms in total. The molecule has 1 saturated heterocycles. The molecule has 2 unspecified atom stereocenters. The van der Waals surface area contributed by atoms with E-state index in [1.807, 2.05) is 0 Å². The van der Waals surface area contributed by atoms with Gasteiger partial charge in [-0.25, -0.2) is 4.39 Å². The van der Waals surface area contributed by atoms with E-state index in [0.717, 1.165) is 12.0 Å². The highest BCUT2D eigenvalue weighted by Crippen LogP contribution is 2.27. The van der Waals surface area contributed by atoms with Crippen molar-refractivity contribution in [1.29, 1.82) is 0 Å². The number of halogens is 1. The van der Waals surface area contributed by atoms with Gasteiger partial charge in [0.2, 0.25) is 0 Å². The van der Waals surface area contributed by atoms with Crippen LogP contribution < -0.4 is 5.32 Å². The number of nitrogens with one attached hydrogen (secondary N) is 1. The maximum absolute atomic E-state index is 12.7. The van der Waals surface area contributed by atoms with Crippen molar-refractivity contribution in [2.45, 2.75) is 18.4 Å². The fraction of sp³-hybridized carbons (Fsp3) is 0.364. The number of aliphatic carboxylic acids is 1. The van der Waals surface area contributed by atoms with Gasteiger partial charge >= 0.3 is 5.97 Å². The van der Waals surface area contributed by atoms with Crippen molar-refractivity contribution in [2.75, 3.05) is 6.54 Å². The third kappa shape index (κ3) is 1.99. The maximum atomic E-state index is 12.7. The molecule has 0 spiro atoms. The van der Waals surface area contributed by atoms with Crippen LogP contribution in [0.15, 0.2) is 24.3 Å². The Bertz CT molecular complexity index is 363. The average Bonchev–Trinajstić information content (AvgIpc) is 2.67. The predicted molar refractivity (Wildman–Crippen MR) is 53.2 cm³/mol. The summed E-state index contributed by atoms with van der Waals surface area (Å²) in [7, 11) is 0. The lowest BCUT2D eigenvalue weighted by atomic mass is 9.92. The molecule has 0 amide bonds. The second-order valence-electron chi connectivity index (χ2n) is 3.72. The van der Waals surface area contributed by atoms with Crippen molar-refractivity contribution in [3.63, 3.8) is 0 Å². The fourth-order valence-corrected chi connectivity index (χ4v) is 2.03. The van der Waals surface area contributed by atoms with Crippen LogP contribution in [0.5, 0.6) is 0 Å². The van der Waals surface area contributed by atoms with Crippen molar-refractivity contribution >= 4 is 5.97 Å². The largest absolute Gasteiger partial charge is 0.480 e. The van der Waals surface area contributed by atoms with Gasteiger partial charge in [0.25, 0.3) is 0 Å². The Morgan fingerprint density at radius 2 is 2.07 bits per heavy atom. The molecule has 2 rings (SSSR count). The van der Waals surface area contributed by atoms with Gasteiger partial charge in [-0.3, -0.25) is 4.79 Å². The molecule has 80 valence electrons. The minimum absolute atomic E-state index is 0.0527. The third-order valence-electron chi connectivity index (χ3n) is 2.79. The number of carbonyl (C=O) groups is 1. The summed E-state index contributed by atoms with van der Waals surface area (Å²) in [5.74, 6) is -1.19. The molecule has 15 heavy (non-hydrogen) atoms. The van der Waals surface area contributed by atoms with Gasteiger partial charge in [0.05, 0.1) is 0 Å². The second kappa shape index (κ2) is 3.98. The summed E-state index contributed by atoms with van der Waals surface area (Å²) in [4.78, 5) is 10.9. The van der Waals surface area contributed by atoms with Crippen molar-refractivity contribution in [3.8, 4) is 0 Å². The number of rotatable bonds is 2. The summed E-state index contributed by atoms with van der Waals surface area (Å²) >= 11 is 0. The Morgan fingerprint density at radius 3 is 2.67 bits per heavy atom. The van der Waals surface area contributed by atoms with Crippen LogP contribution >= 0.6 is 0 Å². The second-order valence-corrected chi connectivity index (χ2v) is 3.72. The molecule has 2 atom stereocenters. The van der Waals surface area contributed by atoms with Crippen LogP contribution in [0.4, 0.5) is 4.39 Å². The molecule has 0 saturated carbocycles. The molecule has 0 aliphatic carbocycles. The van der Waals surface area contributed by atoms with Gasteiger partial charge < -0.3 is 10.4 Å². The number of carboxylic acids is 1. The molecular weight excluding hydrogens is 197 g/mol. The van der Waals surface area contributed by atoms with E-state index in [9.17, 15) is 9.18 Å². The quantitative estimate of drug-likeness (QED) is 0.773. The number of hydrogen-bond donors (Lipinski definition) is 2. The first-order valence-electron chi connectivity index (χ1n) is 4.90. The minimum Gasteiger partial charge on any atom is -0.480 e. The van der Waals surface area contributed by atoms with Crippen LogP contribution in [0.1, 0.15) is 17.9 Å². The molecule has 0 bridgehead atoms. The van der Waals surface area contributed by atoms with Gasteiger partial charge in [-0.05, 0) is 30.7 Å². The van der Waals surface area contributed by atoms with Crippen LogP contribution in [0, 0.1) is 5.82 Å². The zero-order valence-electron chi connectivity index (χ0n) is 8.11. The van der Waals surface area contributed by atoms with Crippen molar-refractivity contribution in [3.05, 3.63) is 35.6 Å². The Morgan fingerprint density at radius 1 is 1.40 bits per heavy atom. The fourth-order valence-electron chi connectivity index (χ4n) is 2.03. The van der Waals surface area contributed by atoms with Gasteiger partial charge in [0, 0.05) is 5.92 Å². The van der Waals surface area contributed by atoms with Gasteiger partial charge in [0.15, 0.2) is 0 Å². The average molecular weight is 209 g/mol. The summed E-state index contributed by atoms with van der Waals surface area (Å²) in [5.41, 5.74) is 0.883. The SMILES string of the molecule is O=C(O)C1NCCC1c1ccc(F)cc1. The highest BCUT2D eigenvalue weighted by Gasteiger charge is 2.33. The molecule has 1 aromatic rings. The summed E-state index contributed by atoms with van der Waals surface area (Å²) in [6.45, 7) is 0.693. The molecule has 0 radical (unpaired) electrons. The van der Waals surface area contributed by atoms with Gasteiger partial charge in [-0.2, -0.15) is 0 Å². The van der Waals surface area contributed by atoms with Crippen LogP contribution in [0.3, 0.4) is 0 Å². The maximum Gasteiger partial charge on any atom is 0.321 e. The summed E-state index contributed by atoms with van der Waals surface area (Å²) < 4.78 is 12.7. The lowest BCUT2D eigenvalue weighted by molar-refractivity contribution is -0.139. The lowest BCUT2D eigenvalue weighted by Crippen LogP contribution is -2.34. The first kappa shape index (κ1) is 10.1. The topological polar surface area (TPSA) is 49.3 Å². The van der Waals surface area contributed by atoms with Crippen LogP contribution in [0.2, 0.25) is 0 Å². The number of hydrogen-bond acceptors (Lipinski definition) is 2. The monoisotopic (exact) mass is 209 g/mol. The molecule has 1 aliphatic heterocycles. The van der Waals surface area contributed by atoms with E-state index in [1.54, 1.807) is 12.1 Å². The normalized spacial score (nSPS) is 25.4. The Hall–Kier alpha value is -1.42. The van der Waals surface area contributed by atoms with Crippen molar-refractivity contribution < 1.29 is 14.3 Å². The van der Waals surface area contributed by atoms with Crippen LogP contribution in [-0.2, 0) is 4.79 Å². The minimum atomic E-state index is -0.846. The molecule has 1 heterocycles. The lowest BCUT2D eigenvalue weighted by Gasteiger charge is -2.15. The zero-order valence-corrected chi connectivity index (χ0v) is 8.11. The van der Waals surface area contributed by atoms with E-state index in [-0.39, 0.29) is 11.7 Å². The highest BCUT2D eigenvalue weighted by molar-refractivity contribution is 5.75. The van der Waals surface area contributed by atoms with Crippen molar-refractivity contribution in [1.82, 2.24) is 5.32 Å². The standard InChI is InChI=1S/C11H12FNO2/c12-8-3-1-7(2-4-8)9-5-6-13-10(9)11(14)15/h1-4,9-10,13H,5-6H2,(H,14,15). The molecule has 4 heteroatoms. The van der Waals surface area contributed by atoms with E-state index in [0.29, 0.717) is 6.54 Å². The Kier molecular flexibility index (Phi) is 2.68. The molecule has 2 N–H and O–H groups in total. The Balaban J connectivity index is 2.22. The molecule has 1 fully saturated rings. The molecule has 1 aliphatic rings. The predicted octanol–water partition coefficient (Wildman–Crippen LogP) is 1.36. The van der Waals surface area contributed by atoms with E-state index in [1.165, 1.54) is 12.1 Å². The third-order valence-corrected chi connectivity index (χ3v) is 2.79. The van der Waals surface area contributed by atoms with Crippen LogP contribution in [-0.4, -0.2) is 23.7 Å². The van der Waals surface area contributed by atoms with E-state index < -0.39 is 12.0 Å². The molecule has 1 aromatic carbocycles. The van der Waals surface area contributed by atoms with Gasteiger partial charge in [-0.15, -0.1) is 0 Å². The number of carboxylic acid groups (broad SMARTS) is 1. The van der Waals surface area contributed by atoms with Gasteiger partial charge in [-0.1, -0.05) is 12.1 Å². The molecule has 0 aromatic heterocycles. The summed E-state index contributed by atoms with van der Waals surface area (Å²) in [5, 5.41) is 11.9. The first-order valence-corrected chi connectivity index (χ1v) is 4.90. The Labute approximate surface area is 86.9 Å². The van der Waals surface area contributed by atoms with Gasteiger partial charge in [0.1, 0.15) is 11.9 Å². The first-order chi connectivity index (χ1) is 7.18. The van der Waals surface area contributed by atoms with E-state index in [2.05, 4.69) is 5.32 Å². The zero-order chi connectivity index (χ0) is 10.8. The van der Waals surface area contributed by atoms with E-state index >= 15 is 0 Å². The molecular formula is C11H12FNO2. The summed E-state index contributed by atoms with van der Waals surface area (Å²) in [6.07, 6.45) is 0.780.